The number of hydrogen-bond donors (Lipinski definition) is 4. The van der Waals surface area contributed by atoms with Crippen LogP contribution >= 0.6 is 0 Å². The molecule has 0 aliphatic heterocycles. The van der Waals surface area contributed by atoms with Gasteiger partial charge in [0, 0.05) is 17.5 Å². The highest BCUT2D eigenvalue weighted by Gasteiger charge is 2.35. The summed E-state index contributed by atoms with van der Waals surface area (Å²) in [6, 6.07) is -1.58. The molecule has 0 radical (unpaired) electrons. The zero-order valence-electron chi connectivity index (χ0n) is 18.4. The summed E-state index contributed by atoms with van der Waals surface area (Å²) in [5, 5.41) is 8.81. The lowest BCUT2D eigenvalue weighted by atomic mass is 9.80. The molecule has 0 bridgehead atoms. The molecule has 0 aliphatic carbocycles. The fourth-order valence-electron chi connectivity index (χ4n) is 2.70. The van der Waals surface area contributed by atoms with Gasteiger partial charge in [-0.25, -0.2) is 4.79 Å². The number of nitrogens with two attached hydrogens (primary N) is 1. The lowest BCUT2D eigenvalue weighted by Crippen LogP contribution is -2.57. The van der Waals surface area contributed by atoms with Gasteiger partial charge in [0.05, 0.1) is 12.1 Å². The maximum Gasteiger partial charge on any atom is 0.312 e. The molecule has 0 fully saturated rings. The van der Waals surface area contributed by atoms with Crippen molar-refractivity contribution >= 4 is 17.7 Å². The van der Waals surface area contributed by atoms with Gasteiger partial charge in [-0.05, 0) is 46.0 Å². The average molecular weight is 385 g/mol. The van der Waals surface area contributed by atoms with Crippen LogP contribution in [0.1, 0.15) is 74.7 Å². The van der Waals surface area contributed by atoms with E-state index >= 15 is 0 Å². The molecule has 1 unspecified atom stereocenters. The molecule has 5 N–H and O–H groups in total. The molecular formula is C20H40N4O3. The van der Waals surface area contributed by atoms with Crippen molar-refractivity contribution in [2.75, 3.05) is 6.54 Å². The van der Waals surface area contributed by atoms with E-state index in [1.54, 1.807) is 0 Å². The predicted octanol–water partition coefficient (Wildman–Crippen LogP) is 2.34. The van der Waals surface area contributed by atoms with Gasteiger partial charge in [-0.15, -0.1) is 0 Å². The van der Waals surface area contributed by atoms with Crippen molar-refractivity contribution in [3.05, 3.63) is 0 Å². The number of carbonyl (C=O) groups is 3. The molecule has 0 aromatic rings. The topological polar surface area (TPSA) is 113 Å². The summed E-state index contributed by atoms with van der Waals surface area (Å²) in [6.07, 6.45) is 1.69. The molecule has 158 valence electrons. The minimum absolute atomic E-state index is 0.00990. The van der Waals surface area contributed by atoms with Gasteiger partial charge in [-0.2, -0.15) is 0 Å². The second-order valence-corrected chi connectivity index (χ2v) is 9.21. The van der Waals surface area contributed by atoms with Gasteiger partial charge in [0.15, 0.2) is 5.78 Å². The summed E-state index contributed by atoms with van der Waals surface area (Å²) in [4.78, 5) is 36.7. The number of ketones is 1. The molecule has 0 aromatic carbocycles. The van der Waals surface area contributed by atoms with Gasteiger partial charge < -0.3 is 21.7 Å². The Morgan fingerprint density at radius 1 is 1.04 bits per heavy atom. The maximum absolute atomic E-state index is 13.0. The highest BCUT2D eigenvalue weighted by Crippen LogP contribution is 2.24. The molecule has 27 heavy (non-hydrogen) atoms. The summed E-state index contributed by atoms with van der Waals surface area (Å²) in [5.41, 5.74) is 4.33. The van der Waals surface area contributed by atoms with Crippen LogP contribution in [0.3, 0.4) is 0 Å². The molecular weight excluding hydrogens is 344 g/mol. The number of Topliss-reactive ketones (excluding diaryl/α,β-unsaturated/α-hetero) is 1. The molecule has 0 saturated heterocycles. The molecule has 0 aromatic heterocycles. The Hall–Kier alpha value is -1.63. The number of nitrogens with one attached hydrogen (secondary N) is 3. The SMILES string of the molecule is CCC(C)(C)C(=O)[C@H](CCCNC(N)=O)NC(=O)C(NC(C)(C)C)C(C)C. The van der Waals surface area contributed by atoms with Crippen LogP contribution in [0.4, 0.5) is 4.79 Å². The van der Waals surface area contributed by atoms with Crippen LogP contribution in [0.2, 0.25) is 0 Å². The Kier molecular flexibility index (Phi) is 10.00. The number of hydrogen-bond acceptors (Lipinski definition) is 4. The van der Waals surface area contributed by atoms with E-state index in [1.807, 2.05) is 55.4 Å². The Bertz CT molecular complexity index is 510. The Labute approximate surface area is 164 Å². The second kappa shape index (κ2) is 10.6. The molecule has 7 heteroatoms. The molecule has 0 saturated carbocycles. The minimum atomic E-state index is -0.593. The van der Waals surface area contributed by atoms with Crippen molar-refractivity contribution in [2.24, 2.45) is 17.1 Å². The third-order valence-electron chi connectivity index (χ3n) is 4.69. The normalized spacial score (nSPS) is 14.6. The van der Waals surface area contributed by atoms with Gasteiger partial charge in [0.25, 0.3) is 0 Å². The monoisotopic (exact) mass is 384 g/mol. The van der Waals surface area contributed by atoms with Gasteiger partial charge in [-0.3, -0.25) is 9.59 Å². The molecule has 0 spiro atoms. The van der Waals surface area contributed by atoms with E-state index in [0.29, 0.717) is 25.8 Å². The summed E-state index contributed by atoms with van der Waals surface area (Å²) in [5.74, 6) is -0.0839. The average Bonchev–Trinajstić information content (AvgIpc) is 2.53. The number of rotatable bonds is 11. The van der Waals surface area contributed by atoms with E-state index in [1.165, 1.54) is 0 Å². The summed E-state index contributed by atoms with van der Waals surface area (Å²) in [7, 11) is 0. The second-order valence-electron chi connectivity index (χ2n) is 9.21. The van der Waals surface area contributed by atoms with Crippen LogP contribution < -0.4 is 21.7 Å². The number of carbonyl (C=O) groups excluding carboxylic acids is 3. The minimum Gasteiger partial charge on any atom is -0.352 e. The van der Waals surface area contributed by atoms with Crippen molar-refractivity contribution in [3.63, 3.8) is 0 Å². The Morgan fingerprint density at radius 2 is 1.59 bits per heavy atom. The van der Waals surface area contributed by atoms with Crippen LogP contribution in [0.25, 0.3) is 0 Å². The molecule has 0 rings (SSSR count). The number of primary amides is 1. The van der Waals surface area contributed by atoms with Gasteiger partial charge >= 0.3 is 6.03 Å². The third kappa shape index (κ3) is 9.75. The highest BCUT2D eigenvalue weighted by molar-refractivity contribution is 5.93. The van der Waals surface area contributed by atoms with Crippen LogP contribution in [0.15, 0.2) is 0 Å². The van der Waals surface area contributed by atoms with Crippen LogP contribution in [0.5, 0.6) is 0 Å². The van der Waals surface area contributed by atoms with Crippen molar-refractivity contribution in [1.82, 2.24) is 16.0 Å². The third-order valence-corrected chi connectivity index (χ3v) is 4.69. The Balaban J connectivity index is 5.26. The quantitative estimate of drug-likeness (QED) is 0.409. The number of urea groups is 1. The van der Waals surface area contributed by atoms with E-state index in [-0.39, 0.29) is 23.1 Å². The molecule has 3 amide bonds. The first-order valence-electron chi connectivity index (χ1n) is 9.87. The lowest BCUT2D eigenvalue weighted by molar-refractivity contribution is -0.134. The van der Waals surface area contributed by atoms with E-state index in [9.17, 15) is 14.4 Å². The van der Waals surface area contributed by atoms with Gasteiger partial charge in [-0.1, -0.05) is 34.6 Å². The lowest BCUT2D eigenvalue weighted by Gasteiger charge is -2.33. The van der Waals surface area contributed by atoms with Gasteiger partial charge in [0.2, 0.25) is 5.91 Å². The fourth-order valence-corrected chi connectivity index (χ4v) is 2.70. The summed E-state index contributed by atoms with van der Waals surface area (Å²) < 4.78 is 0. The first kappa shape index (κ1) is 25.4. The van der Waals surface area contributed by atoms with Gasteiger partial charge in [0.1, 0.15) is 0 Å². The molecule has 2 atom stereocenters. The zero-order valence-corrected chi connectivity index (χ0v) is 18.4. The standard InChI is InChI=1S/C20H40N4O3/c1-9-20(7,8)16(25)14(11-10-12-22-18(21)27)23-17(26)15(13(2)3)24-19(4,5)6/h13-15,24H,9-12H2,1-8H3,(H,23,26)(H3,21,22,27)/t14-,15?/m0/s1. The molecule has 0 heterocycles. The van der Waals surface area contributed by atoms with Crippen LogP contribution in [0, 0.1) is 11.3 Å². The largest absolute Gasteiger partial charge is 0.352 e. The summed E-state index contributed by atoms with van der Waals surface area (Å²) in [6.45, 7) is 16.1. The Morgan fingerprint density at radius 3 is 2.00 bits per heavy atom. The maximum atomic E-state index is 13.0. The smallest absolute Gasteiger partial charge is 0.312 e. The first-order valence-corrected chi connectivity index (χ1v) is 9.87. The van der Waals surface area contributed by atoms with E-state index < -0.39 is 23.5 Å². The molecule has 7 nitrogen and oxygen atoms in total. The van der Waals surface area contributed by atoms with E-state index in [0.717, 1.165) is 0 Å². The van der Waals surface area contributed by atoms with Crippen molar-refractivity contribution < 1.29 is 14.4 Å². The molecule has 0 aliphatic rings. The van der Waals surface area contributed by atoms with E-state index in [2.05, 4.69) is 16.0 Å². The summed E-state index contributed by atoms with van der Waals surface area (Å²) >= 11 is 0. The van der Waals surface area contributed by atoms with Crippen molar-refractivity contribution in [1.29, 1.82) is 0 Å². The zero-order chi connectivity index (χ0) is 21.4. The van der Waals surface area contributed by atoms with Crippen molar-refractivity contribution in [3.8, 4) is 0 Å². The fraction of sp³-hybridized carbons (Fsp3) is 0.850. The van der Waals surface area contributed by atoms with Crippen molar-refractivity contribution in [2.45, 2.75) is 92.3 Å². The first-order chi connectivity index (χ1) is 12.2. The van der Waals surface area contributed by atoms with E-state index in [4.69, 9.17) is 5.73 Å². The highest BCUT2D eigenvalue weighted by atomic mass is 16.2. The predicted molar refractivity (Wildman–Crippen MR) is 109 cm³/mol. The number of amides is 3. The van der Waals surface area contributed by atoms with Crippen LogP contribution in [-0.4, -0.2) is 41.9 Å². The van der Waals surface area contributed by atoms with Crippen LogP contribution in [-0.2, 0) is 9.59 Å².